The molecule has 4 heterocycles. The van der Waals surface area contributed by atoms with Crippen LogP contribution in [0.25, 0.3) is 50.3 Å². The first-order valence-electron chi connectivity index (χ1n) is 10.4. The summed E-state index contributed by atoms with van der Waals surface area (Å²) in [6.45, 7) is 4.21. The van der Waals surface area contributed by atoms with Gasteiger partial charge >= 0.3 is 0 Å². The smallest absolute Gasteiger partial charge is 0.159 e. The SMILES string of the molecule is CC1=NC=C(c2ccc3[nH]nc(-c4nc5c(-c6ccccc6F)nccc5[nH]4)c3c2)C1C. The van der Waals surface area contributed by atoms with Crippen LogP contribution in [-0.2, 0) is 0 Å². The lowest BCUT2D eigenvalue weighted by Gasteiger charge is -2.10. The van der Waals surface area contributed by atoms with Gasteiger partial charge in [-0.15, -0.1) is 0 Å². The summed E-state index contributed by atoms with van der Waals surface area (Å²) in [5.41, 5.74) is 7.34. The van der Waals surface area contributed by atoms with E-state index in [1.165, 1.54) is 11.6 Å². The van der Waals surface area contributed by atoms with Crippen LogP contribution >= 0.6 is 0 Å². The van der Waals surface area contributed by atoms with Crippen molar-refractivity contribution in [3.63, 3.8) is 0 Å². The number of aromatic amines is 2. The lowest BCUT2D eigenvalue weighted by Crippen LogP contribution is -2.04. The van der Waals surface area contributed by atoms with E-state index >= 15 is 0 Å². The van der Waals surface area contributed by atoms with E-state index in [2.05, 4.69) is 44.2 Å². The Morgan fingerprint density at radius 2 is 1.88 bits per heavy atom. The van der Waals surface area contributed by atoms with E-state index < -0.39 is 0 Å². The molecule has 5 aromatic rings. The summed E-state index contributed by atoms with van der Waals surface area (Å²) in [5.74, 6) is 0.557. The first-order chi connectivity index (χ1) is 15.6. The van der Waals surface area contributed by atoms with E-state index in [0.29, 0.717) is 28.3 Å². The van der Waals surface area contributed by atoms with Crippen LogP contribution in [-0.4, -0.2) is 30.9 Å². The van der Waals surface area contributed by atoms with Gasteiger partial charge in [0.25, 0.3) is 0 Å². The molecule has 156 valence electrons. The van der Waals surface area contributed by atoms with Gasteiger partial charge in [0, 0.05) is 35.0 Å². The maximum Gasteiger partial charge on any atom is 0.159 e. The fraction of sp³-hybridized carbons (Fsp3) is 0.120. The molecule has 0 fully saturated rings. The Morgan fingerprint density at radius 3 is 2.69 bits per heavy atom. The molecule has 1 unspecified atom stereocenters. The molecule has 0 radical (unpaired) electrons. The van der Waals surface area contributed by atoms with Crippen molar-refractivity contribution in [2.45, 2.75) is 13.8 Å². The lowest BCUT2D eigenvalue weighted by atomic mass is 9.92. The summed E-state index contributed by atoms with van der Waals surface area (Å²) in [5, 5.41) is 8.57. The molecule has 0 saturated carbocycles. The van der Waals surface area contributed by atoms with Crippen molar-refractivity contribution in [1.82, 2.24) is 25.1 Å². The highest BCUT2D eigenvalue weighted by molar-refractivity contribution is 6.02. The molecule has 0 amide bonds. The molecular weight excluding hydrogens is 403 g/mol. The predicted octanol–water partition coefficient (Wildman–Crippen LogP) is 5.76. The summed E-state index contributed by atoms with van der Waals surface area (Å²) in [7, 11) is 0. The molecule has 1 aliphatic heterocycles. The van der Waals surface area contributed by atoms with Crippen molar-refractivity contribution >= 4 is 33.2 Å². The maximum atomic E-state index is 14.4. The quantitative estimate of drug-likeness (QED) is 0.388. The van der Waals surface area contributed by atoms with Crippen molar-refractivity contribution in [1.29, 1.82) is 0 Å². The van der Waals surface area contributed by atoms with E-state index in [9.17, 15) is 4.39 Å². The highest BCUT2D eigenvalue weighted by Gasteiger charge is 2.21. The van der Waals surface area contributed by atoms with Crippen LogP contribution in [0.2, 0.25) is 0 Å². The molecule has 1 atom stereocenters. The van der Waals surface area contributed by atoms with Crippen molar-refractivity contribution in [3.8, 4) is 22.8 Å². The Morgan fingerprint density at radius 1 is 1.00 bits per heavy atom. The van der Waals surface area contributed by atoms with Gasteiger partial charge in [0.15, 0.2) is 5.82 Å². The number of pyridine rings is 1. The monoisotopic (exact) mass is 422 g/mol. The fourth-order valence-electron chi connectivity index (χ4n) is 4.22. The van der Waals surface area contributed by atoms with Gasteiger partial charge in [-0.1, -0.05) is 25.1 Å². The van der Waals surface area contributed by atoms with E-state index in [4.69, 9.17) is 4.98 Å². The summed E-state index contributed by atoms with van der Waals surface area (Å²) in [6, 6.07) is 14.7. The number of hydrogen-bond donors (Lipinski definition) is 2. The first-order valence-corrected chi connectivity index (χ1v) is 10.4. The van der Waals surface area contributed by atoms with Crippen molar-refractivity contribution < 1.29 is 4.39 Å². The second-order valence-electron chi connectivity index (χ2n) is 8.03. The molecule has 32 heavy (non-hydrogen) atoms. The molecule has 0 saturated heterocycles. The Labute approximate surface area is 183 Å². The number of halogens is 1. The van der Waals surface area contributed by atoms with Crippen molar-refractivity contribution in [3.05, 3.63) is 72.3 Å². The summed E-state index contributed by atoms with van der Waals surface area (Å²) < 4.78 is 14.4. The van der Waals surface area contributed by atoms with E-state index in [0.717, 1.165) is 27.7 Å². The zero-order valence-corrected chi connectivity index (χ0v) is 17.5. The third kappa shape index (κ3) is 2.78. The van der Waals surface area contributed by atoms with Gasteiger partial charge in [-0.3, -0.25) is 15.1 Å². The largest absolute Gasteiger partial charge is 0.336 e. The normalized spacial score (nSPS) is 16.0. The standard InChI is InChI=1S/C25H19FN6/c1-13-14(2)28-12-18(13)15-7-8-20-17(11-15)23(32-31-20)25-29-21-9-10-27-22(24(21)30-25)16-5-3-4-6-19(16)26/h3-13H,1-2H3,(H,29,30)(H,31,32). The summed E-state index contributed by atoms with van der Waals surface area (Å²) in [6.07, 6.45) is 3.59. The number of benzene rings is 2. The van der Waals surface area contributed by atoms with Gasteiger partial charge in [0.1, 0.15) is 22.7 Å². The number of imidazole rings is 1. The average molecular weight is 422 g/mol. The Balaban J connectivity index is 1.50. The zero-order valence-electron chi connectivity index (χ0n) is 17.5. The Bertz CT molecular complexity index is 1570. The number of rotatable bonds is 3. The lowest BCUT2D eigenvalue weighted by molar-refractivity contribution is 0.631. The third-order valence-electron chi connectivity index (χ3n) is 6.15. The molecule has 0 bridgehead atoms. The van der Waals surface area contributed by atoms with Crippen LogP contribution in [0.15, 0.2) is 65.9 Å². The van der Waals surface area contributed by atoms with Gasteiger partial charge in [-0.2, -0.15) is 5.10 Å². The number of nitrogens with zero attached hydrogens (tertiary/aromatic N) is 4. The van der Waals surface area contributed by atoms with Crippen molar-refractivity contribution in [2.24, 2.45) is 10.9 Å². The van der Waals surface area contributed by atoms with Gasteiger partial charge in [0.2, 0.25) is 0 Å². The van der Waals surface area contributed by atoms with Crippen LogP contribution in [0, 0.1) is 11.7 Å². The van der Waals surface area contributed by atoms with Crippen LogP contribution in [0.1, 0.15) is 19.4 Å². The number of aliphatic imine (C=N–C) groups is 1. The molecule has 6 rings (SSSR count). The Kier molecular flexibility index (Phi) is 4.04. The molecular formula is C25H19FN6. The number of fused-ring (bicyclic) bond motifs is 2. The number of nitrogens with one attached hydrogen (secondary N) is 2. The molecule has 7 heteroatoms. The molecule has 0 spiro atoms. The van der Waals surface area contributed by atoms with Crippen LogP contribution < -0.4 is 0 Å². The number of aromatic nitrogens is 5. The van der Waals surface area contributed by atoms with Gasteiger partial charge < -0.3 is 4.98 Å². The number of H-pyrrole nitrogens is 2. The van der Waals surface area contributed by atoms with E-state index in [1.807, 2.05) is 25.3 Å². The Hall–Kier alpha value is -4.13. The highest BCUT2D eigenvalue weighted by atomic mass is 19.1. The topological polar surface area (TPSA) is 82.6 Å². The second kappa shape index (κ2) is 6.95. The van der Waals surface area contributed by atoms with Gasteiger partial charge in [0.05, 0.1) is 11.0 Å². The molecule has 6 nitrogen and oxygen atoms in total. The van der Waals surface area contributed by atoms with Gasteiger partial charge in [-0.05, 0) is 48.4 Å². The second-order valence-corrected chi connectivity index (χ2v) is 8.03. The predicted molar refractivity (Wildman–Crippen MR) is 125 cm³/mol. The zero-order chi connectivity index (χ0) is 21.8. The van der Waals surface area contributed by atoms with Crippen molar-refractivity contribution in [2.75, 3.05) is 0 Å². The highest BCUT2D eigenvalue weighted by Crippen LogP contribution is 2.34. The van der Waals surface area contributed by atoms with Gasteiger partial charge in [-0.25, -0.2) is 9.37 Å². The minimum absolute atomic E-state index is 0.281. The summed E-state index contributed by atoms with van der Waals surface area (Å²) in [4.78, 5) is 17.0. The van der Waals surface area contributed by atoms with E-state index in [1.54, 1.807) is 24.4 Å². The number of allylic oxidation sites excluding steroid dienone is 1. The average Bonchev–Trinajstić information content (AvgIpc) is 3.50. The molecule has 2 aromatic carbocycles. The van der Waals surface area contributed by atoms with E-state index in [-0.39, 0.29) is 11.7 Å². The molecule has 2 N–H and O–H groups in total. The molecule has 0 aliphatic carbocycles. The minimum Gasteiger partial charge on any atom is -0.336 e. The third-order valence-corrected chi connectivity index (χ3v) is 6.15. The number of hydrogen-bond acceptors (Lipinski definition) is 4. The van der Waals surface area contributed by atoms with Crippen LogP contribution in [0.4, 0.5) is 4.39 Å². The summed E-state index contributed by atoms with van der Waals surface area (Å²) >= 11 is 0. The fourth-order valence-corrected chi connectivity index (χ4v) is 4.22. The van der Waals surface area contributed by atoms with Crippen LogP contribution in [0.5, 0.6) is 0 Å². The maximum absolute atomic E-state index is 14.4. The minimum atomic E-state index is -0.330. The van der Waals surface area contributed by atoms with Crippen LogP contribution in [0.3, 0.4) is 0 Å². The molecule has 1 aliphatic rings. The molecule has 3 aromatic heterocycles. The first kappa shape index (κ1) is 18.6.